The van der Waals surface area contributed by atoms with E-state index in [1.54, 1.807) is 0 Å². The topological polar surface area (TPSA) is 48.1 Å². The van der Waals surface area contributed by atoms with E-state index in [4.69, 9.17) is 0 Å². The Bertz CT molecular complexity index is 207. The van der Waals surface area contributed by atoms with Gasteiger partial charge in [-0.25, -0.2) is 0 Å². The molecule has 0 aliphatic rings. The number of nitrogens with one attached hydrogen (secondary N) is 4. The van der Waals surface area contributed by atoms with Crippen LogP contribution < -0.4 is 21.3 Å². The molecular weight excluding hydrogens is 260 g/mol. The lowest BCUT2D eigenvalue weighted by molar-refractivity contribution is 0.593. The zero-order chi connectivity index (χ0) is 15.4. The largest absolute Gasteiger partial charge is 0.317 e. The first-order chi connectivity index (χ1) is 10.4. The van der Waals surface area contributed by atoms with Crippen LogP contribution >= 0.6 is 0 Å². The van der Waals surface area contributed by atoms with Crippen molar-refractivity contribution < 1.29 is 0 Å². The third-order valence-electron chi connectivity index (χ3n) is 3.28. The molecule has 4 heteroatoms. The Kier molecular flexibility index (Phi) is 19.2. The lowest BCUT2D eigenvalue weighted by Gasteiger charge is -2.04. The molecule has 0 bridgehead atoms. The van der Waals surface area contributed by atoms with Gasteiger partial charge >= 0.3 is 0 Å². The molecular formula is C17H38N4. The molecule has 0 fully saturated rings. The van der Waals surface area contributed by atoms with Crippen molar-refractivity contribution in [1.29, 1.82) is 0 Å². The molecule has 0 aromatic rings. The summed E-state index contributed by atoms with van der Waals surface area (Å²) in [5, 5.41) is 13.7. The highest BCUT2D eigenvalue weighted by molar-refractivity contribution is 4.85. The first-order valence-electron chi connectivity index (χ1n) is 8.89. The molecule has 0 unspecified atom stereocenters. The molecule has 0 saturated carbocycles. The first kappa shape index (κ1) is 20.6. The number of hydrogen-bond donors (Lipinski definition) is 4. The zero-order valence-electron chi connectivity index (χ0n) is 14.3. The third-order valence-corrected chi connectivity index (χ3v) is 3.28. The van der Waals surface area contributed by atoms with Crippen LogP contribution in [-0.4, -0.2) is 52.4 Å². The number of hydrogen-bond acceptors (Lipinski definition) is 4. The molecule has 21 heavy (non-hydrogen) atoms. The predicted octanol–water partition coefficient (Wildman–Crippen LogP) is 1.89. The van der Waals surface area contributed by atoms with Crippen molar-refractivity contribution in [2.45, 2.75) is 46.0 Å². The van der Waals surface area contributed by atoms with E-state index in [9.17, 15) is 0 Å². The van der Waals surface area contributed by atoms with Crippen LogP contribution in [0.5, 0.6) is 0 Å². The summed E-state index contributed by atoms with van der Waals surface area (Å²) in [7, 11) is 0. The normalized spacial score (nSPS) is 11.5. The van der Waals surface area contributed by atoms with Crippen LogP contribution in [0.15, 0.2) is 12.2 Å². The molecule has 0 atom stereocenters. The van der Waals surface area contributed by atoms with Crippen molar-refractivity contribution in [2.75, 3.05) is 52.4 Å². The minimum Gasteiger partial charge on any atom is -0.317 e. The lowest BCUT2D eigenvalue weighted by Crippen LogP contribution is -2.20. The summed E-state index contributed by atoms with van der Waals surface area (Å²) in [5.41, 5.74) is 0. The van der Waals surface area contributed by atoms with Gasteiger partial charge in [0, 0.05) is 13.1 Å². The van der Waals surface area contributed by atoms with Gasteiger partial charge in [-0.15, -0.1) is 0 Å². The summed E-state index contributed by atoms with van der Waals surface area (Å²) in [6, 6.07) is 0. The Morgan fingerprint density at radius 2 is 1.05 bits per heavy atom. The average Bonchev–Trinajstić information content (AvgIpc) is 2.50. The lowest BCUT2D eigenvalue weighted by atomic mass is 10.3. The second kappa shape index (κ2) is 19.6. The van der Waals surface area contributed by atoms with E-state index >= 15 is 0 Å². The van der Waals surface area contributed by atoms with E-state index in [1.165, 1.54) is 32.1 Å². The van der Waals surface area contributed by atoms with Crippen LogP contribution in [-0.2, 0) is 0 Å². The highest BCUT2D eigenvalue weighted by Gasteiger charge is 1.89. The number of rotatable bonds is 17. The maximum Gasteiger partial charge on any atom is 0.0135 e. The second-order valence-electron chi connectivity index (χ2n) is 5.40. The monoisotopic (exact) mass is 298 g/mol. The predicted molar refractivity (Wildman–Crippen MR) is 95.1 cm³/mol. The van der Waals surface area contributed by atoms with Gasteiger partial charge in [-0.3, -0.25) is 0 Å². The molecule has 0 aliphatic carbocycles. The molecule has 0 saturated heterocycles. The van der Waals surface area contributed by atoms with Crippen LogP contribution in [0, 0.1) is 0 Å². The van der Waals surface area contributed by atoms with Crippen LogP contribution in [0.25, 0.3) is 0 Å². The van der Waals surface area contributed by atoms with E-state index in [0.717, 1.165) is 52.4 Å². The molecule has 0 heterocycles. The van der Waals surface area contributed by atoms with Crippen molar-refractivity contribution in [3.05, 3.63) is 12.2 Å². The molecule has 0 aromatic carbocycles. The Morgan fingerprint density at radius 1 is 0.571 bits per heavy atom. The van der Waals surface area contributed by atoms with E-state index in [1.807, 2.05) is 0 Å². The Hall–Kier alpha value is -0.420. The fraction of sp³-hybridized carbons (Fsp3) is 0.882. The number of unbranched alkanes of at least 4 members (excludes halogenated alkanes) is 2. The quantitative estimate of drug-likeness (QED) is 0.245. The molecule has 126 valence electrons. The van der Waals surface area contributed by atoms with E-state index in [0.29, 0.717) is 0 Å². The molecule has 0 amide bonds. The van der Waals surface area contributed by atoms with Crippen molar-refractivity contribution in [3.8, 4) is 0 Å². The van der Waals surface area contributed by atoms with Crippen molar-refractivity contribution >= 4 is 0 Å². The van der Waals surface area contributed by atoms with Gasteiger partial charge in [0.25, 0.3) is 0 Å². The summed E-state index contributed by atoms with van der Waals surface area (Å²) in [6.07, 6.45) is 10.7. The fourth-order valence-electron chi connectivity index (χ4n) is 2.02. The van der Waals surface area contributed by atoms with Crippen molar-refractivity contribution in [2.24, 2.45) is 0 Å². The SMILES string of the molecule is CCCNCCCCNC/C=C\CNCCCCNCC. The van der Waals surface area contributed by atoms with Gasteiger partial charge in [0.05, 0.1) is 0 Å². The summed E-state index contributed by atoms with van der Waals surface area (Å²) in [6.45, 7) is 13.1. The second-order valence-corrected chi connectivity index (χ2v) is 5.40. The van der Waals surface area contributed by atoms with Crippen molar-refractivity contribution in [1.82, 2.24) is 21.3 Å². The zero-order valence-corrected chi connectivity index (χ0v) is 14.3. The van der Waals surface area contributed by atoms with E-state index in [2.05, 4.69) is 47.3 Å². The molecule has 0 aliphatic heterocycles. The highest BCUT2D eigenvalue weighted by atomic mass is 14.9. The smallest absolute Gasteiger partial charge is 0.0135 e. The van der Waals surface area contributed by atoms with Gasteiger partial charge < -0.3 is 21.3 Å². The maximum atomic E-state index is 3.45. The molecule has 0 rings (SSSR count). The maximum absolute atomic E-state index is 3.45. The summed E-state index contributed by atoms with van der Waals surface area (Å²) >= 11 is 0. The standard InChI is InChI=1S/C17H38N4/c1-3-11-19-13-7-8-15-21-17-10-9-16-20-14-6-5-12-18-4-2/h9-10,18-21H,3-8,11-17H2,1-2H3/b10-9-. The van der Waals surface area contributed by atoms with Crippen LogP contribution in [0.1, 0.15) is 46.0 Å². The minimum absolute atomic E-state index is 0.990. The highest BCUT2D eigenvalue weighted by Crippen LogP contribution is 1.85. The Labute approximate surface area is 132 Å². The molecule has 4 nitrogen and oxygen atoms in total. The minimum atomic E-state index is 0.990. The molecule has 0 aromatic heterocycles. The Balaban J connectivity index is 3.02. The molecule has 0 spiro atoms. The first-order valence-corrected chi connectivity index (χ1v) is 8.89. The van der Waals surface area contributed by atoms with E-state index < -0.39 is 0 Å². The Morgan fingerprint density at radius 3 is 1.52 bits per heavy atom. The van der Waals surface area contributed by atoms with Gasteiger partial charge in [-0.1, -0.05) is 26.0 Å². The van der Waals surface area contributed by atoms with Crippen LogP contribution in [0.4, 0.5) is 0 Å². The average molecular weight is 299 g/mol. The van der Waals surface area contributed by atoms with E-state index in [-0.39, 0.29) is 0 Å². The van der Waals surface area contributed by atoms with Crippen LogP contribution in [0.2, 0.25) is 0 Å². The molecule has 4 N–H and O–H groups in total. The van der Waals surface area contributed by atoms with Gasteiger partial charge in [0.1, 0.15) is 0 Å². The van der Waals surface area contributed by atoms with Gasteiger partial charge in [0.15, 0.2) is 0 Å². The fourth-order valence-corrected chi connectivity index (χ4v) is 2.02. The summed E-state index contributed by atoms with van der Waals surface area (Å²) < 4.78 is 0. The van der Waals surface area contributed by atoms with Gasteiger partial charge in [0.2, 0.25) is 0 Å². The van der Waals surface area contributed by atoms with Gasteiger partial charge in [-0.2, -0.15) is 0 Å². The third kappa shape index (κ3) is 19.6. The molecule has 0 radical (unpaired) electrons. The van der Waals surface area contributed by atoms with Gasteiger partial charge in [-0.05, 0) is 71.4 Å². The van der Waals surface area contributed by atoms with Crippen LogP contribution in [0.3, 0.4) is 0 Å². The van der Waals surface area contributed by atoms with Crippen molar-refractivity contribution in [3.63, 3.8) is 0 Å². The summed E-state index contributed by atoms with van der Waals surface area (Å²) in [5.74, 6) is 0. The summed E-state index contributed by atoms with van der Waals surface area (Å²) in [4.78, 5) is 0.